The molecule has 0 saturated carbocycles. The van der Waals surface area contributed by atoms with Crippen LogP contribution in [0, 0.1) is 0 Å². The Hall–Kier alpha value is -1.81. The Bertz CT molecular complexity index is 635. The molecule has 1 heterocycles. The van der Waals surface area contributed by atoms with Gasteiger partial charge in [-0.25, -0.2) is 4.79 Å². The largest absolute Gasteiger partial charge is 0.482 e. The standard InChI is InChI=1S/C16H15ClO4/c1-20-16(19)15-13(9-4-2-5-10(17)8-9)14-11(18)6-3-7-12(14)21-15/h2,4-5,8,13,15H,3,6-7H2,1H3/t13-,15-/m0/s1. The molecule has 0 amide bonds. The maximum absolute atomic E-state index is 12.3. The molecular weight excluding hydrogens is 292 g/mol. The highest BCUT2D eigenvalue weighted by Gasteiger charge is 2.46. The van der Waals surface area contributed by atoms with Crippen molar-refractivity contribution in [2.75, 3.05) is 7.11 Å². The number of esters is 1. The SMILES string of the molecule is COC(=O)[C@H]1OC2=C(C(=O)CCC2)[C@@H]1c1cccc(Cl)c1. The Kier molecular flexibility index (Phi) is 3.72. The molecule has 0 bridgehead atoms. The van der Waals surface area contributed by atoms with Crippen LogP contribution in [-0.4, -0.2) is 25.0 Å². The summed E-state index contributed by atoms with van der Waals surface area (Å²) < 4.78 is 10.6. The summed E-state index contributed by atoms with van der Waals surface area (Å²) in [6.45, 7) is 0. The van der Waals surface area contributed by atoms with E-state index in [0.717, 1.165) is 12.0 Å². The van der Waals surface area contributed by atoms with Crippen molar-refractivity contribution in [1.82, 2.24) is 0 Å². The van der Waals surface area contributed by atoms with Crippen molar-refractivity contribution in [3.8, 4) is 0 Å². The fourth-order valence-corrected chi connectivity index (χ4v) is 3.22. The summed E-state index contributed by atoms with van der Waals surface area (Å²) in [6, 6.07) is 7.18. The number of hydrogen-bond donors (Lipinski definition) is 0. The van der Waals surface area contributed by atoms with Crippen LogP contribution in [0.2, 0.25) is 5.02 Å². The molecule has 2 atom stereocenters. The van der Waals surface area contributed by atoms with Gasteiger partial charge < -0.3 is 9.47 Å². The topological polar surface area (TPSA) is 52.6 Å². The summed E-state index contributed by atoms with van der Waals surface area (Å²) in [7, 11) is 1.32. The molecule has 21 heavy (non-hydrogen) atoms. The van der Waals surface area contributed by atoms with E-state index in [-0.39, 0.29) is 5.78 Å². The van der Waals surface area contributed by atoms with Crippen molar-refractivity contribution >= 4 is 23.4 Å². The first-order valence-corrected chi connectivity index (χ1v) is 7.26. The van der Waals surface area contributed by atoms with Gasteiger partial charge in [0.1, 0.15) is 5.76 Å². The summed E-state index contributed by atoms with van der Waals surface area (Å²) in [6.07, 6.45) is 1.13. The van der Waals surface area contributed by atoms with Gasteiger partial charge in [-0.2, -0.15) is 0 Å². The van der Waals surface area contributed by atoms with Crippen molar-refractivity contribution in [2.24, 2.45) is 0 Å². The predicted molar refractivity (Wildman–Crippen MR) is 77.0 cm³/mol. The highest BCUT2D eigenvalue weighted by molar-refractivity contribution is 6.30. The summed E-state index contributed by atoms with van der Waals surface area (Å²) >= 11 is 6.04. The molecule has 0 fully saturated rings. The quantitative estimate of drug-likeness (QED) is 0.788. The van der Waals surface area contributed by atoms with E-state index in [1.807, 2.05) is 6.07 Å². The fourth-order valence-electron chi connectivity index (χ4n) is 3.02. The average Bonchev–Trinajstić information content (AvgIpc) is 2.87. The molecule has 1 aliphatic heterocycles. The molecule has 0 saturated heterocycles. The summed E-state index contributed by atoms with van der Waals surface area (Å²) in [5, 5.41) is 0.563. The van der Waals surface area contributed by atoms with Crippen molar-refractivity contribution in [3.05, 3.63) is 46.2 Å². The van der Waals surface area contributed by atoms with Gasteiger partial charge in [-0.05, 0) is 24.1 Å². The summed E-state index contributed by atoms with van der Waals surface area (Å²) in [5.74, 6) is -0.222. The number of Topliss-reactive ketones (excluding diaryl/α,β-unsaturated/α-hetero) is 1. The second kappa shape index (κ2) is 5.53. The number of benzene rings is 1. The zero-order valence-corrected chi connectivity index (χ0v) is 12.4. The van der Waals surface area contributed by atoms with Gasteiger partial charge in [0.2, 0.25) is 6.10 Å². The van der Waals surface area contributed by atoms with Gasteiger partial charge in [-0.15, -0.1) is 0 Å². The van der Waals surface area contributed by atoms with Crippen LogP contribution in [0.15, 0.2) is 35.6 Å². The van der Waals surface area contributed by atoms with Gasteiger partial charge in [-0.3, -0.25) is 4.79 Å². The number of carbonyl (C=O) groups is 2. The van der Waals surface area contributed by atoms with Crippen LogP contribution in [0.4, 0.5) is 0 Å². The number of hydrogen-bond acceptors (Lipinski definition) is 4. The second-order valence-corrected chi connectivity index (χ2v) is 5.64. The molecule has 1 aromatic carbocycles. The maximum atomic E-state index is 12.3. The number of methoxy groups -OCH3 is 1. The van der Waals surface area contributed by atoms with Crippen LogP contribution in [0.1, 0.15) is 30.7 Å². The lowest BCUT2D eigenvalue weighted by Gasteiger charge is -2.19. The number of ether oxygens (including phenoxy) is 2. The van der Waals surface area contributed by atoms with Gasteiger partial charge >= 0.3 is 5.97 Å². The minimum Gasteiger partial charge on any atom is -0.482 e. The highest BCUT2D eigenvalue weighted by Crippen LogP contribution is 2.44. The van der Waals surface area contributed by atoms with E-state index in [0.29, 0.717) is 29.2 Å². The number of carbonyl (C=O) groups excluding carboxylic acids is 2. The first-order valence-electron chi connectivity index (χ1n) is 6.88. The van der Waals surface area contributed by atoms with Gasteiger partial charge in [-0.1, -0.05) is 23.7 Å². The molecule has 0 unspecified atom stereocenters. The van der Waals surface area contributed by atoms with Crippen molar-refractivity contribution in [1.29, 1.82) is 0 Å². The highest BCUT2D eigenvalue weighted by atomic mass is 35.5. The van der Waals surface area contributed by atoms with Gasteiger partial charge in [0.15, 0.2) is 5.78 Å². The number of rotatable bonds is 2. The van der Waals surface area contributed by atoms with Crippen LogP contribution < -0.4 is 0 Å². The normalized spacial score (nSPS) is 24.6. The van der Waals surface area contributed by atoms with E-state index >= 15 is 0 Å². The Morgan fingerprint density at radius 1 is 1.38 bits per heavy atom. The van der Waals surface area contributed by atoms with E-state index in [1.165, 1.54) is 7.11 Å². The van der Waals surface area contributed by atoms with E-state index in [1.54, 1.807) is 18.2 Å². The molecule has 4 nitrogen and oxygen atoms in total. The lowest BCUT2D eigenvalue weighted by molar-refractivity contribution is -0.151. The van der Waals surface area contributed by atoms with Crippen molar-refractivity contribution in [2.45, 2.75) is 31.3 Å². The van der Waals surface area contributed by atoms with Gasteiger partial charge in [0, 0.05) is 23.4 Å². The van der Waals surface area contributed by atoms with E-state index in [4.69, 9.17) is 21.1 Å². The molecule has 0 spiro atoms. The van der Waals surface area contributed by atoms with Crippen LogP contribution in [-0.2, 0) is 19.1 Å². The van der Waals surface area contributed by atoms with Crippen molar-refractivity contribution in [3.63, 3.8) is 0 Å². The molecule has 1 aromatic rings. The molecule has 5 heteroatoms. The van der Waals surface area contributed by atoms with E-state index in [9.17, 15) is 9.59 Å². The third-order valence-electron chi connectivity index (χ3n) is 3.93. The molecule has 0 N–H and O–H groups in total. The second-order valence-electron chi connectivity index (χ2n) is 5.21. The predicted octanol–water partition coefficient (Wildman–Crippen LogP) is 3.00. The molecule has 3 rings (SSSR count). The van der Waals surface area contributed by atoms with Crippen LogP contribution >= 0.6 is 11.6 Å². The summed E-state index contributed by atoms with van der Waals surface area (Å²) in [4.78, 5) is 24.3. The molecule has 2 aliphatic rings. The third kappa shape index (κ3) is 2.44. The molecular formula is C16H15ClO4. The Labute approximate surface area is 127 Å². The fraction of sp³-hybridized carbons (Fsp3) is 0.375. The molecule has 110 valence electrons. The lowest BCUT2D eigenvalue weighted by atomic mass is 9.82. The van der Waals surface area contributed by atoms with E-state index < -0.39 is 18.0 Å². The zero-order chi connectivity index (χ0) is 15.0. The Morgan fingerprint density at radius 3 is 2.90 bits per heavy atom. The Morgan fingerprint density at radius 2 is 2.19 bits per heavy atom. The van der Waals surface area contributed by atoms with E-state index in [2.05, 4.69) is 0 Å². The first kappa shape index (κ1) is 14.1. The first-order chi connectivity index (χ1) is 10.1. The lowest BCUT2D eigenvalue weighted by Crippen LogP contribution is -2.29. The van der Waals surface area contributed by atoms with Gasteiger partial charge in [0.25, 0.3) is 0 Å². The Balaban J connectivity index is 2.07. The van der Waals surface area contributed by atoms with Crippen LogP contribution in [0.25, 0.3) is 0 Å². The summed E-state index contributed by atoms with van der Waals surface area (Å²) in [5.41, 5.74) is 1.41. The van der Waals surface area contributed by atoms with Crippen LogP contribution in [0.3, 0.4) is 0 Å². The minimum atomic E-state index is -0.805. The van der Waals surface area contributed by atoms with Crippen LogP contribution in [0.5, 0.6) is 0 Å². The average molecular weight is 307 g/mol. The number of halogens is 1. The molecule has 1 aliphatic carbocycles. The maximum Gasteiger partial charge on any atom is 0.348 e. The third-order valence-corrected chi connectivity index (χ3v) is 4.17. The molecule has 0 aromatic heterocycles. The zero-order valence-electron chi connectivity index (χ0n) is 11.6. The minimum absolute atomic E-state index is 0.0487. The molecule has 0 radical (unpaired) electrons. The monoisotopic (exact) mass is 306 g/mol. The number of ketones is 1. The van der Waals surface area contributed by atoms with Gasteiger partial charge in [0.05, 0.1) is 13.0 Å². The van der Waals surface area contributed by atoms with Crippen molar-refractivity contribution < 1.29 is 19.1 Å². The smallest absolute Gasteiger partial charge is 0.348 e. The number of allylic oxidation sites excluding steroid dienone is 1.